The summed E-state index contributed by atoms with van der Waals surface area (Å²) >= 11 is 0. The number of rotatable bonds is 4. The van der Waals surface area contributed by atoms with E-state index in [2.05, 4.69) is 117 Å². The minimum Gasteiger partial charge on any atom is -0.367 e. The fraction of sp³-hybridized carbons (Fsp3) is 0.133. The first-order valence-electron chi connectivity index (χ1n) is 11.9. The van der Waals surface area contributed by atoms with Crippen LogP contribution in [0.25, 0.3) is 21.5 Å². The molecular formula is C30H26N4. The van der Waals surface area contributed by atoms with Crippen LogP contribution in [-0.4, -0.2) is 13.3 Å². The number of hydrogen-bond donors (Lipinski definition) is 2. The zero-order valence-electron chi connectivity index (χ0n) is 19.0. The summed E-state index contributed by atoms with van der Waals surface area (Å²) in [4.78, 5) is 4.88. The van der Waals surface area contributed by atoms with E-state index >= 15 is 0 Å². The van der Waals surface area contributed by atoms with Gasteiger partial charge in [-0.3, -0.25) is 0 Å². The van der Waals surface area contributed by atoms with Gasteiger partial charge in [0, 0.05) is 46.6 Å². The Morgan fingerprint density at radius 2 is 0.971 bits per heavy atom. The van der Waals surface area contributed by atoms with Crippen molar-refractivity contribution in [1.29, 1.82) is 0 Å². The van der Waals surface area contributed by atoms with Gasteiger partial charge in [0.25, 0.3) is 0 Å². The van der Waals surface area contributed by atoms with Crippen LogP contribution >= 0.6 is 0 Å². The lowest BCUT2D eigenvalue weighted by atomic mass is 10.0. The topological polar surface area (TPSA) is 30.5 Å². The van der Waals surface area contributed by atoms with Crippen LogP contribution in [0, 0.1) is 0 Å². The van der Waals surface area contributed by atoms with Crippen LogP contribution < -0.4 is 20.4 Å². The summed E-state index contributed by atoms with van der Waals surface area (Å²) in [7, 11) is 0. The average molecular weight is 443 g/mol. The largest absolute Gasteiger partial charge is 0.367 e. The van der Waals surface area contributed by atoms with Crippen LogP contribution in [0.3, 0.4) is 0 Å². The maximum atomic E-state index is 3.61. The first-order chi connectivity index (χ1) is 16.8. The number of hydrogen-bond acceptors (Lipinski definition) is 4. The molecule has 7 rings (SSSR count). The number of anilines is 4. The normalized spacial score (nSPS) is 14.2. The first-order valence-corrected chi connectivity index (χ1v) is 11.9. The third kappa shape index (κ3) is 3.14. The molecule has 2 aliphatic rings. The van der Waals surface area contributed by atoms with E-state index < -0.39 is 0 Å². The smallest absolute Gasteiger partial charge is 0.0880 e. The summed E-state index contributed by atoms with van der Waals surface area (Å²) in [5, 5.41) is 12.4. The van der Waals surface area contributed by atoms with Gasteiger partial charge in [-0.15, -0.1) is 0 Å². The van der Waals surface area contributed by atoms with Gasteiger partial charge in [0.1, 0.15) is 0 Å². The number of benzene rings is 5. The van der Waals surface area contributed by atoms with E-state index in [1.54, 1.807) is 0 Å². The molecule has 0 saturated heterocycles. The molecule has 0 bridgehead atoms. The first kappa shape index (κ1) is 19.3. The Bertz CT molecular complexity index is 1420. The van der Waals surface area contributed by atoms with Gasteiger partial charge < -0.3 is 20.4 Å². The molecule has 4 nitrogen and oxygen atoms in total. The van der Waals surface area contributed by atoms with E-state index in [0.717, 1.165) is 26.4 Å². The SMILES string of the molecule is c1cc(CN2CNc3cccc4cccc2c34)cc(CN2CNc3cccc4cccc2c34)c1. The summed E-state index contributed by atoms with van der Waals surface area (Å²) < 4.78 is 0. The summed E-state index contributed by atoms with van der Waals surface area (Å²) in [5.41, 5.74) is 7.73. The second-order valence-corrected chi connectivity index (χ2v) is 9.25. The molecule has 34 heavy (non-hydrogen) atoms. The standard InChI is InChI=1S/C30H26N4/c1-6-21(17-33-19-31-25-12-2-8-23-10-4-14-27(33)29(23)25)16-22(7-1)18-34-20-32-26-13-3-9-24-11-5-15-28(34)30(24)26/h1-16,31-32H,17-20H2. The molecule has 166 valence electrons. The zero-order valence-corrected chi connectivity index (χ0v) is 19.0. The summed E-state index contributed by atoms with van der Waals surface area (Å²) in [6.07, 6.45) is 0. The van der Waals surface area contributed by atoms with Gasteiger partial charge in [-0.2, -0.15) is 0 Å². The van der Waals surface area contributed by atoms with Crippen molar-refractivity contribution in [2.45, 2.75) is 13.1 Å². The predicted octanol–water partition coefficient (Wildman–Crippen LogP) is 6.77. The highest BCUT2D eigenvalue weighted by atomic mass is 15.2. The quantitative estimate of drug-likeness (QED) is 0.321. The van der Waals surface area contributed by atoms with Gasteiger partial charge in [-0.05, 0) is 46.2 Å². The molecule has 5 aromatic carbocycles. The maximum Gasteiger partial charge on any atom is 0.0880 e. The van der Waals surface area contributed by atoms with Gasteiger partial charge in [0.2, 0.25) is 0 Å². The molecule has 0 unspecified atom stereocenters. The highest BCUT2D eigenvalue weighted by molar-refractivity contribution is 6.05. The van der Waals surface area contributed by atoms with Crippen molar-refractivity contribution in [2.75, 3.05) is 33.8 Å². The van der Waals surface area contributed by atoms with Gasteiger partial charge in [-0.1, -0.05) is 72.8 Å². The van der Waals surface area contributed by atoms with Crippen LogP contribution in [0.4, 0.5) is 22.7 Å². The second kappa shape index (κ2) is 7.70. The lowest BCUT2D eigenvalue weighted by molar-refractivity contribution is 0.819. The summed E-state index contributed by atoms with van der Waals surface area (Å²) in [5.74, 6) is 0. The molecule has 0 saturated carbocycles. The van der Waals surface area contributed by atoms with Crippen molar-refractivity contribution >= 4 is 44.3 Å². The van der Waals surface area contributed by atoms with Gasteiger partial charge in [0.05, 0.1) is 13.3 Å². The van der Waals surface area contributed by atoms with E-state index in [0.29, 0.717) is 0 Å². The van der Waals surface area contributed by atoms with Crippen LogP contribution in [0.2, 0.25) is 0 Å². The number of nitrogens with one attached hydrogen (secondary N) is 2. The average Bonchev–Trinajstić information content (AvgIpc) is 2.88. The molecule has 0 spiro atoms. The molecular weight excluding hydrogens is 416 g/mol. The monoisotopic (exact) mass is 442 g/mol. The highest BCUT2D eigenvalue weighted by Gasteiger charge is 2.20. The Morgan fingerprint density at radius 3 is 1.47 bits per heavy atom. The fourth-order valence-corrected chi connectivity index (χ4v) is 5.54. The van der Waals surface area contributed by atoms with Crippen LogP contribution in [-0.2, 0) is 13.1 Å². The molecule has 5 aromatic rings. The van der Waals surface area contributed by atoms with Crippen molar-refractivity contribution < 1.29 is 0 Å². The number of nitrogens with zero attached hydrogens (tertiary/aromatic N) is 2. The molecule has 2 heterocycles. The van der Waals surface area contributed by atoms with Crippen molar-refractivity contribution in [3.05, 3.63) is 108 Å². The Kier molecular flexibility index (Phi) is 4.37. The minimum atomic E-state index is 0.815. The Morgan fingerprint density at radius 1 is 0.529 bits per heavy atom. The van der Waals surface area contributed by atoms with Crippen molar-refractivity contribution in [1.82, 2.24) is 0 Å². The van der Waals surface area contributed by atoms with Gasteiger partial charge in [0.15, 0.2) is 0 Å². The molecule has 0 amide bonds. The molecule has 0 atom stereocenters. The van der Waals surface area contributed by atoms with E-state index in [-0.39, 0.29) is 0 Å². The molecule has 0 aliphatic carbocycles. The van der Waals surface area contributed by atoms with Crippen LogP contribution in [0.15, 0.2) is 97.1 Å². The van der Waals surface area contributed by atoms with E-state index in [9.17, 15) is 0 Å². The van der Waals surface area contributed by atoms with E-state index in [1.165, 1.54) is 55.4 Å². The molecule has 0 radical (unpaired) electrons. The summed E-state index contributed by atoms with van der Waals surface area (Å²) in [6, 6.07) is 35.2. The Hall–Kier alpha value is -4.18. The summed E-state index contributed by atoms with van der Waals surface area (Å²) in [6.45, 7) is 3.39. The zero-order chi connectivity index (χ0) is 22.5. The Labute approximate surface area is 199 Å². The predicted molar refractivity (Wildman–Crippen MR) is 144 cm³/mol. The van der Waals surface area contributed by atoms with E-state index in [1.807, 2.05) is 0 Å². The fourth-order valence-electron chi connectivity index (χ4n) is 5.54. The third-order valence-electron chi connectivity index (χ3n) is 7.11. The minimum absolute atomic E-state index is 0.815. The molecule has 2 N–H and O–H groups in total. The molecule has 0 fully saturated rings. The van der Waals surface area contributed by atoms with Crippen molar-refractivity contribution in [3.63, 3.8) is 0 Å². The Balaban J connectivity index is 1.17. The lowest BCUT2D eigenvalue weighted by Crippen LogP contribution is -2.32. The second-order valence-electron chi connectivity index (χ2n) is 9.25. The maximum absolute atomic E-state index is 3.61. The van der Waals surface area contributed by atoms with Crippen LogP contribution in [0.1, 0.15) is 11.1 Å². The lowest BCUT2D eigenvalue weighted by Gasteiger charge is -2.33. The van der Waals surface area contributed by atoms with Gasteiger partial charge >= 0.3 is 0 Å². The molecule has 2 aliphatic heterocycles. The van der Waals surface area contributed by atoms with Gasteiger partial charge in [-0.25, -0.2) is 0 Å². The van der Waals surface area contributed by atoms with Crippen molar-refractivity contribution in [2.24, 2.45) is 0 Å². The molecule has 4 heteroatoms. The van der Waals surface area contributed by atoms with Crippen LogP contribution in [0.5, 0.6) is 0 Å². The van der Waals surface area contributed by atoms with Crippen molar-refractivity contribution in [3.8, 4) is 0 Å². The third-order valence-corrected chi connectivity index (χ3v) is 7.11. The molecule has 0 aromatic heterocycles. The highest BCUT2D eigenvalue weighted by Crippen LogP contribution is 2.38. The van der Waals surface area contributed by atoms with E-state index in [4.69, 9.17) is 0 Å².